The average molecular weight is 306 g/mol. The molecule has 6 nitrogen and oxygen atoms in total. The smallest absolute Gasteiger partial charge is 0.325 e. The number of carboxylic acids is 1. The summed E-state index contributed by atoms with van der Waals surface area (Å²) in [5, 5.41) is 13.9. The summed E-state index contributed by atoms with van der Waals surface area (Å²) in [6.07, 6.45) is 0.715. The molecular formula is C16H22N2O4. The first-order valence-corrected chi connectivity index (χ1v) is 7.12. The first-order chi connectivity index (χ1) is 10.2. The number of hydrogen-bond donors (Lipinski definition) is 3. The first-order valence-electron chi connectivity index (χ1n) is 7.12. The van der Waals surface area contributed by atoms with Gasteiger partial charge in [-0.25, -0.2) is 0 Å². The molecule has 0 radical (unpaired) electrons. The van der Waals surface area contributed by atoms with Crippen molar-refractivity contribution >= 4 is 23.5 Å². The molecule has 1 unspecified atom stereocenters. The van der Waals surface area contributed by atoms with Crippen LogP contribution in [0.25, 0.3) is 0 Å². The molecule has 0 bridgehead atoms. The Kier molecular flexibility index (Phi) is 5.68. The highest BCUT2D eigenvalue weighted by Gasteiger charge is 2.25. The largest absolute Gasteiger partial charge is 0.480 e. The maximum absolute atomic E-state index is 12.0. The van der Waals surface area contributed by atoms with Crippen LogP contribution in [0.4, 0.5) is 5.69 Å². The van der Waals surface area contributed by atoms with E-state index in [0.717, 1.165) is 0 Å². The third kappa shape index (κ3) is 4.58. The summed E-state index contributed by atoms with van der Waals surface area (Å²) in [5.74, 6) is -1.66. The zero-order valence-electron chi connectivity index (χ0n) is 13.3. The van der Waals surface area contributed by atoms with Gasteiger partial charge >= 0.3 is 5.97 Å². The molecule has 1 atom stereocenters. The van der Waals surface area contributed by atoms with Crippen molar-refractivity contribution in [2.24, 2.45) is 5.41 Å². The molecule has 120 valence electrons. The molecule has 1 rings (SSSR count). The Hall–Kier alpha value is -2.37. The van der Waals surface area contributed by atoms with E-state index in [4.69, 9.17) is 5.11 Å². The SMILES string of the molecule is CCC(C)(C)C(=O)Nc1ccc(C(=O)NC(C)C(=O)O)cc1. The Labute approximate surface area is 129 Å². The van der Waals surface area contributed by atoms with E-state index in [1.165, 1.54) is 6.92 Å². The van der Waals surface area contributed by atoms with Crippen LogP contribution in [0.2, 0.25) is 0 Å². The summed E-state index contributed by atoms with van der Waals surface area (Å²) in [6.45, 7) is 7.05. The summed E-state index contributed by atoms with van der Waals surface area (Å²) in [4.78, 5) is 34.6. The second kappa shape index (κ2) is 7.06. The lowest BCUT2D eigenvalue weighted by Gasteiger charge is -2.21. The molecule has 0 heterocycles. The van der Waals surface area contributed by atoms with Crippen LogP contribution in [0.5, 0.6) is 0 Å². The minimum Gasteiger partial charge on any atom is -0.480 e. The molecule has 3 N–H and O–H groups in total. The predicted octanol–water partition coefficient (Wildman–Crippen LogP) is 2.26. The summed E-state index contributed by atoms with van der Waals surface area (Å²) in [6, 6.07) is 5.35. The fourth-order valence-corrected chi connectivity index (χ4v) is 1.51. The molecule has 22 heavy (non-hydrogen) atoms. The molecule has 1 aromatic rings. The van der Waals surface area contributed by atoms with Gasteiger partial charge in [-0.2, -0.15) is 0 Å². The lowest BCUT2D eigenvalue weighted by Crippen LogP contribution is -2.38. The van der Waals surface area contributed by atoms with Gasteiger partial charge in [0.25, 0.3) is 5.91 Å². The van der Waals surface area contributed by atoms with Gasteiger partial charge in [0.05, 0.1) is 0 Å². The third-order valence-corrected chi connectivity index (χ3v) is 3.62. The Morgan fingerprint density at radius 3 is 2.18 bits per heavy atom. The molecule has 0 saturated heterocycles. The van der Waals surface area contributed by atoms with Gasteiger partial charge in [0.15, 0.2) is 0 Å². The molecule has 2 amide bonds. The Morgan fingerprint density at radius 2 is 1.73 bits per heavy atom. The van der Waals surface area contributed by atoms with Crippen LogP contribution in [-0.2, 0) is 9.59 Å². The topological polar surface area (TPSA) is 95.5 Å². The summed E-state index contributed by atoms with van der Waals surface area (Å²) in [5.41, 5.74) is 0.461. The predicted molar refractivity (Wildman–Crippen MR) is 83.7 cm³/mol. The second-order valence-corrected chi connectivity index (χ2v) is 5.80. The number of rotatable bonds is 6. The molecule has 0 fully saturated rings. The zero-order chi connectivity index (χ0) is 16.9. The number of amides is 2. The standard InChI is InChI=1S/C16H22N2O4/c1-5-16(3,4)15(22)18-12-8-6-11(7-9-12)13(19)17-10(2)14(20)21/h6-10H,5H2,1-4H3,(H,17,19)(H,18,22)(H,20,21). The highest BCUT2D eigenvalue weighted by atomic mass is 16.4. The van der Waals surface area contributed by atoms with Gasteiger partial charge in [-0.15, -0.1) is 0 Å². The van der Waals surface area contributed by atoms with Gasteiger partial charge in [0.1, 0.15) is 6.04 Å². The molecule has 0 aliphatic carbocycles. The normalized spacial score (nSPS) is 12.4. The van der Waals surface area contributed by atoms with Crippen molar-refractivity contribution in [2.75, 3.05) is 5.32 Å². The van der Waals surface area contributed by atoms with E-state index in [1.54, 1.807) is 24.3 Å². The fraction of sp³-hybridized carbons (Fsp3) is 0.438. The molecule has 0 aliphatic heterocycles. The van der Waals surface area contributed by atoms with Crippen LogP contribution < -0.4 is 10.6 Å². The second-order valence-electron chi connectivity index (χ2n) is 5.80. The van der Waals surface area contributed by atoms with Crippen LogP contribution in [0.15, 0.2) is 24.3 Å². The number of carboxylic acid groups (broad SMARTS) is 1. The van der Waals surface area contributed by atoms with Gasteiger partial charge in [-0.1, -0.05) is 20.8 Å². The van der Waals surface area contributed by atoms with Crippen molar-refractivity contribution in [3.8, 4) is 0 Å². The number of aliphatic carboxylic acids is 1. The number of carbonyl (C=O) groups excluding carboxylic acids is 2. The maximum Gasteiger partial charge on any atom is 0.325 e. The molecule has 0 spiro atoms. The van der Waals surface area contributed by atoms with Crippen molar-refractivity contribution in [3.63, 3.8) is 0 Å². The van der Waals surface area contributed by atoms with Crippen molar-refractivity contribution < 1.29 is 19.5 Å². The maximum atomic E-state index is 12.0. The third-order valence-electron chi connectivity index (χ3n) is 3.62. The number of carbonyl (C=O) groups is 3. The number of nitrogens with one attached hydrogen (secondary N) is 2. The zero-order valence-corrected chi connectivity index (χ0v) is 13.3. The minimum atomic E-state index is -1.10. The van der Waals surface area contributed by atoms with Gasteiger partial charge < -0.3 is 15.7 Å². The van der Waals surface area contributed by atoms with E-state index in [-0.39, 0.29) is 5.91 Å². The monoisotopic (exact) mass is 306 g/mol. The van der Waals surface area contributed by atoms with E-state index in [0.29, 0.717) is 17.7 Å². The van der Waals surface area contributed by atoms with E-state index in [2.05, 4.69) is 10.6 Å². The van der Waals surface area contributed by atoms with Gasteiger partial charge in [0.2, 0.25) is 5.91 Å². The summed E-state index contributed by atoms with van der Waals surface area (Å²) >= 11 is 0. The van der Waals surface area contributed by atoms with Crippen molar-refractivity contribution in [1.29, 1.82) is 0 Å². The lowest BCUT2D eigenvalue weighted by atomic mass is 9.89. The molecule has 0 aliphatic rings. The fourth-order valence-electron chi connectivity index (χ4n) is 1.51. The van der Waals surface area contributed by atoms with Crippen molar-refractivity contribution in [2.45, 2.75) is 40.2 Å². The van der Waals surface area contributed by atoms with Crippen LogP contribution in [0, 0.1) is 5.41 Å². The van der Waals surface area contributed by atoms with Crippen molar-refractivity contribution in [1.82, 2.24) is 5.32 Å². The first kappa shape index (κ1) is 17.7. The van der Waals surface area contributed by atoms with E-state index >= 15 is 0 Å². The van der Waals surface area contributed by atoms with E-state index < -0.39 is 23.3 Å². The van der Waals surface area contributed by atoms with Crippen LogP contribution in [-0.4, -0.2) is 28.9 Å². The number of benzene rings is 1. The number of anilines is 1. The highest BCUT2D eigenvalue weighted by molar-refractivity contribution is 5.98. The minimum absolute atomic E-state index is 0.0910. The summed E-state index contributed by atoms with van der Waals surface area (Å²) in [7, 11) is 0. The van der Waals surface area contributed by atoms with Gasteiger partial charge in [0, 0.05) is 16.7 Å². The Bertz CT molecular complexity index is 564. The Balaban J connectivity index is 2.73. The van der Waals surface area contributed by atoms with Gasteiger partial charge in [-0.05, 0) is 37.6 Å². The highest BCUT2D eigenvalue weighted by Crippen LogP contribution is 2.22. The van der Waals surface area contributed by atoms with Crippen LogP contribution in [0.3, 0.4) is 0 Å². The van der Waals surface area contributed by atoms with Crippen LogP contribution in [0.1, 0.15) is 44.5 Å². The number of hydrogen-bond acceptors (Lipinski definition) is 3. The molecule has 1 aromatic carbocycles. The lowest BCUT2D eigenvalue weighted by molar-refractivity contribution is -0.138. The quantitative estimate of drug-likeness (QED) is 0.751. The van der Waals surface area contributed by atoms with Crippen molar-refractivity contribution in [3.05, 3.63) is 29.8 Å². The van der Waals surface area contributed by atoms with E-state index in [1.807, 2.05) is 20.8 Å². The average Bonchev–Trinajstić information content (AvgIpc) is 2.47. The van der Waals surface area contributed by atoms with Gasteiger partial charge in [-0.3, -0.25) is 14.4 Å². The summed E-state index contributed by atoms with van der Waals surface area (Å²) < 4.78 is 0. The molecular weight excluding hydrogens is 284 g/mol. The van der Waals surface area contributed by atoms with E-state index in [9.17, 15) is 14.4 Å². The molecule has 0 saturated carbocycles. The Morgan fingerprint density at radius 1 is 1.18 bits per heavy atom. The molecule has 6 heteroatoms. The van der Waals surface area contributed by atoms with Crippen LogP contribution >= 0.6 is 0 Å². The molecule has 0 aromatic heterocycles.